The number of nitrogens with one attached hydrogen (secondary N) is 2. The van der Waals surface area contributed by atoms with Crippen LogP contribution in [0.5, 0.6) is 0 Å². The van der Waals surface area contributed by atoms with Gasteiger partial charge in [-0.05, 0) is 55.9 Å². The number of aryl methyl sites for hydroxylation is 2. The highest BCUT2D eigenvalue weighted by molar-refractivity contribution is 7.98. The predicted molar refractivity (Wildman–Crippen MR) is 131 cm³/mol. The molecule has 0 atom stereocenters. The fourth-order valence-corrected chi connectivity index (χ4v) is 4.37. The summed E-state index contributed by atoms with van der Waals surface area (Å²) in [6, 6.07) is 6.56. The lowest BCUT2D eigenvalue weighted by molar-refractivity contribution is 0.477. The SMILES string of the molecule is CCNC(=NCc1ccc(C)cc1SC)NCCCc1nnc(SC)n1CC(C)C. The molecule has 0 amide bonds. The molecule has 1 aromatic carbocycles. The van der Waals surface area contributed by atoms with Gasteiger partial charge in [-0.1, -0.05) is 37.7 Å². The van der Waals surface area contributed by atoms with Gasteiger partial charge in [0.1, 0.15) is 5.82 Å². The van der Waals surface area contributed by atoms with Crippen molar-refractivity contribution >= 4 is 29.5 Å². The molecule has 0 aliphatic rings. The predicted octanol–water partition coefficient (Wildman–Crippen LogP) is 4.37. The summed E-state index contributed by atoms with van der Waals surface area (Å²) in [6.45, 7) is 12.0. The van der Waals surface area contributed by atoms with Crippen LogP contribution in [-0.2, 0) is 19.5 Å². The first-order valence-corrected chi connectivity index (χ1v) is 13.0. The number of hydrogen-bond donors (Lipinski definition) is 2. The molecule has 0 aliphatic carbocycles. The van der Waals surface area contributed by atoms with Gasteiger partial charge in [-0.2, -0.15) is 0 Å². The number of nitrogens with zero attached hydrogens (tertiary/aromatic N) is 4. The minimum absolute atomic E-state index is 0.573. The molecule has 0 saturated carbocycles. The van der Waals surface area contributed by atoms with E-state index in [9.17, 15) is 0 Å². The van der Waals surface area contributed by atoms with E-state index in [1.54, 1.807) is 23.5 Å². The number of aliphatic imine (C=N–C) groups is 1. The van der Waals surface area contributed by atoms with E-state index >= 15 is 0 Å². The highest BCUT2D eigenvalue weighted by Gasteiger charge is 2.12. The second-order valence-corrected chi connectivity index (χ2v) is 9.27. The van der Waals surface area contributed by atoms with Crippen LogP contribution in [0.15, 0.2) is 33.2 Å². The summed E-state index contributed by atoms with van der Waals surface area (Å²) in [4.78, 5) is 6.08. The summed E-state index contributed by atoms with van der Waals surface area (Å²) < 4.78 is 2.26. The molecule has 0 unspecified atom stereocenters. The van der Waals surface area contributed by atoms with Crippen molar-refractivity contribution in [1.29, 1.82) is 0 Å². The van der Waals surface area contributed by atoms with Gasteiger partial charge in [0.15, 0.2) is 11.1 Å². The Labute approximate surface area is 190 Å². The average Bonchev–Trinajstić information content (AvgIpc) is 3.10. The van der Waals surface area contributed by atoms with E-state index < -0.39 is 0 Å². The van der Waals surface area contributed by atoms with Gasteiger partial charge in [-0.25, -0.2) is 4.99 Å². The Morgan fingerprint density at radius 1 is 1.17 bits per heavy atom. The van der Waals surface area contributed by atoms with Gasteiger partial charge in [-0.15, -0.1) is 22.0 Å². The van der Waals surface area contributed by atoms with Crippen LogP contribution in [0.3, 0.4) is 0 Å². The summed E-state index contributed by atoms with van der Waals surface area (Å²) in [5.74, 6) is 2.50. The summed E-state index contributed by atoms with van der Waals surface area (Å²) in [5, 5.41) is 16.6. The van der Waals surface area contributed by atoms with Crippen molar-refractivity contribution in [2.75, 3.05) is 25.6 Å². The van der Waals surface area contributed by atoms with Gasteiger partial charge in [-0.3, -0.25) is 0 Å². The Hall–Kier alpha value is -1.67. The van der Waals surface area contributed by atoms with Crippen molar-refractivity contribution in [3.8, 4) is 0 Å². The molecule has 1 aromatic heterocycles. The minimum Gasteiger partial charge on any atom is -0.357 e. The Kier molecular flexibility index (Phi) is 10.6. The quantitative estimate of drug-likeness (QED) is 0.230. The molecule has 2 N–H and O–H groups in total. The number of benzene rings is 1. The van der Waals surface area contributed by atoms with Gasteiger partial charge in [0.05, 0.1) is 6.54 Å². The Balaban J connectivity index is 1.93. The molecular formula is C22H36N6S2. The monoisotopic (exact) mass is 448 g/mol. The first kappa shape index (κ1) is 24.6. The molecule has 0 spiro atoms. The maximum atomic E-state index is 4.79. The molecule has 0 aliphatic heterocycles. The van der Waals surface area contributed by atoms with Crippen LogP contribution >= 0.6 is 23.5 Å². The molecule has 30 heavy (non-hydrogen) atoms. The number of hydrogen-bond acceptors (Lipinski definition) is 5. The first-order valence-electron chi connectivity index (χ1n) is 10.6. The van der Waals surface area contributed by atoms with Gasteiger partial charge in [0.2, 0.25) is 0 Å². The molecule has 0 fully saturated rings. The number of aromatic nitrogens is 3. The van der Waals surface area contributed by atoms with Crippen LogP contribution in [0.2, 0.25) is 0 Å². The van der Waals surface area contributed by atoms with Gasteiger partial charge in [0, 0.05) is 31.0 Å². The highest BCUT2D eigenvalue weighted by atomic mass is 32.2. The van der Waals surface area contributed by atoms with E-state index in [0.29, 0.717) is 12.5 Å². The maximum absolute atomic E-state index is 4.79. The second-order valence-electron chi connectivity index (χ2n) is 7.65. The van der Waals surface area contributed by atoms with Crippen molar-refractivity contribution in [3.05, 3.63) is 35.2 Å². The van der Waals surface area contributed by atoms with Crippen molar-refractivity contribution < 1.29 is 0 Å². The standard InChI is InChI=1S/C22H36N6S2/c1-7-23-21(25-14-18-11-10-17(4)13-19(18)29-5)24-12-8-9-20-26-27-22(30-6)28(20)15-16(2)3/h10-11,13,16H,7-9,12,14-15H2,1-6H3,(H2,23,24,25). The van der Waals surface area contributed by atoms with E-state index in [0.717, 1.165) is 49.4 Å². The largest absolute Gasteiger partial charge is 0.357 e. The molecule has 2 rings (SSSR count). The third kappa shape index (κ3) is 7.54. The van der Waals surface area contributed by atoms with Crippen molar-refractivity contribution in [2.24, 2.45) is 10.9 Å². The summed E-state index contributed by atoms with van der Waals surface area (Å²) in [5.41, 5.74) is 2.55. The van der Waals surface area contributed by atoms with Gasteiger partial charge >= 0.3 is 0 Å². The van der Waals surface area contributed by atoms with Crippen molar-refractivity contribution in [2.45, 2.75) is 63.7 Å². The molecular weight excluding hydrogens is 412 g/mol. The molecule has 6 nitrogen and oxygen atoms in total. The second kappa shape index (κ2) is 12.9. The van der Waals surface area contributed by atoms with Crippen molar-refractivity contribution in [3.63, 3.8) is 0 Å². The Morgan fingerprint density at radius 3 is 2.63 bits per heavy atom. The smallest absolute Gasteiger partial charge is 0.191 e. The van der Waals surface area contributed by atoms with Crippen LogP contribution < -0.4 is 10.6 Å². The lowest BCUT2D eigenvalue weighted by Crippen LogP contribution is -2.38. The average molecular weight is 449 g/mol. The number of rotatable bonds is 11. The van der Waals surface area contributed by atoms with Crippen molar-refractivity contribution in [1.82, 2.24) is 25.4 Å². The van der Waals surface area contributed by atoms with Crippen LogP contribution in [0.4, 0.5) is 0 Å². The Morgan fingerprint density at radius 2 is 1.97 bits per heavy atom. The molecule has 2 aromatic rings. The Bertz CT molecular complexity index is 816. The molecule has 1 heterocycles. The molecule has 0 bridgehead atoms. The minimum atomic E-state index is 0.573. The summed E-state index contributed by atoms with van der Waals surface area (Å²) in [6.07, 6.45) is 6.06. The summed E-state index contributed by atoms with van der Waals surface area (Å²) in [7, 11) is 0. The van der Waals surface area contributed by atoms with Gasteiger partial charge in [0.25, 0.3) is 0 Å². The van der Waals surface area contributed by atoms with Crippen LogP contribution in [0.25, 0.3) is 0 Å². The van der Waals surface area contributed by atoms with Crippen LogP contribution in [-0.4, -0.2) is 46.3 Å². The third-order valence-corrected chi connectivity index (χ3v) is 6.07. The fourth-order valence-electron chi connectivity index (χ4n) is 3.15. The zero-order valence-corrected chi connectivity index (χ0v) is 20.8. The summed E-state index contributed by atoms with van der Waals surface area (Å²) >= 11 is 3.44. The topological polar surface area (TPSA) is 67.1 Å². The van der Waals surface area contributed by atoms with Crippen LogP contribution in [0.1, 0.15) is 44.1 Å². The molecule has 166 valence electrons. The fraction of sp³-hybridized carbons (Fsp3) is 0.591. The molecule has 0 radical (unpaired) electrons. The van der Waals surface area contributed by atoms with E-state index in [2.05, 4.69) is 83.8 Å². The lowest BCUT2D eigenvalue weighted by atomic mass is 10.1. The van der Waals surface area contributed by atoms with E-state index in [-0.39, 0.29) is 0 Å². The lowest BCUT2D eigenvalue weighted by Gasteiger charge is -2.13. The normalized spacial score (nSPS) is 11.9. The zero-order chi connectivity index (χ0) is 21.9. The molecule has 8 heteroatoms. The molecule has 0 saturated heterocycles. The third-order valence-electron chi connectivity index (χ3n) is 4.59. The van der Waals surface area contributed by atoms with E-state index in [1.165, 1.54) is 16.0 Å². The van der Waals surface area contributed by atoms with Crippen LogP contribution in [0, 0.1) is 12.8 Å². The maximum Gasteiger partial charge on any atom is 0.191 e. The zero-order valence-electron chi connectivity index (χ0n) is 19.2. The van der Waals surface area contributed by atoms with E-state index in [4.69, 9.17) is 4.99 Å². The highest BCUT2D eigenvalue weighted by Crippen LogP contribution is 2.22. The van der Waals surface area contributed by atoms with Gasteiger partial charge < -0.3 is 15.2 Å². The van der Waals surface area contributed by atoms with E-state index in [1.807, 2.05) is 0 Å². The number of guanidine groups is 1. The first-order chi connectivity index (χ1) is 14.5. The number of thioether (sulfide) groups is 2.